The number of nitrogens with zero attached hydrogens (tertiary/aromatic N) is 2. The van der Waals surface area contributed by atoms with Crippen LogP contribution in [0, 0.1) is 16.0 Å². The summed E-state index contributed by atoms with van der Waals surface area (Å²) >= 11 is 0. The number of piperidine rings is 1. The number of non-ortho nitro benzene ring substituents is 1. The van der Waals surface area contributed by atoms with Crippen LogP contribution in [0.25, 0.3) is 11.0 Å². The number of hydrogen-bond donors (Lipinski definition) is 3. The second-order valence-corrected chi connectivity index (χ2v) is 5.58. The number of hydrogen-bond acceptors (Lipinski definition) is 5. The van der Waals surface area contributed by atoms with Gasteiger partial charge in [0.15, 0.2) is 0 Å². The summed E-state index contributed by atoms with van der Waals surface area (Å²) in [7, 11) is 0. The molecule has 1 aliphatic rings. The minimum absolute atomic E-state index is 0.0715. The molecule has 21 heavy (non-hydrogen) atoms. The molecule has 1 saturated heterocycles. The van der Waals surface area contributed by atoms with Gasteiger partial charge in [-0.3, -0.25) is 10.1 Å². The number of benzene rings is 1. The number of nitro benzene ring substituents is 1. The van der Waals surface area contributed by atoms with Crippen molar-refractivity contribution in [1.29, 1.82) is 0 Å². The predicted octanol–water partition coefficient (Wildman–Crippen LogP) is 2.27. The Labute approximate surface area is 122 Å². The summed E-state index contributed by atoms with van der Waals surface area (Å²) in [5, 5.41) is 17.6. The summed E-state index contributed by atoms with van der Waals surface area (Å²) in [6, 6.07) is 4.96. The van der Waals surface area contributed by atoms with Gasteiger partial charge in [0.05, 0.1) is 16.0 Å². The van der Waals surface area contributed by atoms with Gasteiger partial charge in [-0.15, -0.1) is 0 Å². The number of fused-ring (bicyclic) bond motifs is 1. The first kappa shape index (κ1) is 13.8. The summed E-state index contributed by atoms with van der Waals surface area (Å²) in [6.45, 7) is 4.25. The lowest BCUT2D eigenvalue weighted by atomic mass is 9.93. The van der Waals surface area contributed by atoms with E-state index in [9.17, 15) is 10.1 Å². The van der Waals surface area contributed by atoms with Crippen LogP contribution in [0.1, 0.15) is 19.8 Å². The maximum Gasteiger partial charge on any atom is 0.271 e. The molecule has 1 fully saturated rings. The van der Waals surface area contributed by atoms with E-state index in [0.29, 0.717) is 23.4 Å². The normalized spacial score (nSPS) is 20.3. The Hall–Kier alpha value is -2.15. The Kier molecular flexibility index (Phi) is 3.74. The number of aromatic nitrogens is 2. The van der Waals surface area contributed by atoms with Gasteiger partial charge in [0.25, 0.3) is 5.69 Å². The molecule has 2 unspecified atom stereocenters. The van der Waals surface area contributed by atoms with Crippen molar-refractivity contribution >= 4 is 22.7 Å². The van der Waals surface area contributed by atoms with Gasteiger partial charge >= 0.3 is 0 Å². The molecule has 3 N–H and O–H groups in total. The molecule has 2 aromatic rings. The molecule has 3 rings (SSSR count). The molecular formula is C14H19N5O2. The third-order valence-electron chi connectivity index (χ3n) is 4.08. The number of anilines is 1. The second kappa shape index (κ2) is 5.69. The highest BCUT2D eigenvalue weighted by Crippen LogP contribution is 2.22. The minimum atomic E-state index is -0.399. The number of nitrogens with one attached hydrogen (secondary N) is 3. The molecule has 1 aromatic carbocycles. The number of nitro groups is 1. The SMILES string of the molecule is CC(Nc1nc2ccc([N+](=O)[O-])cc2[nH]1)C1CCCNC1. The van der Waals surface area contributed by atoms with E-state index < -0.39 is 4.92 Å². The van der Waals surface area contributed by atoms with Gasteiger partial charge in [-0.05, 0) is 44.8 Å². The van der Waals surface area contributed by atoms with E-state index in [-0.39, 0.29) is 5.69 Å². The first-order valence-electron chi connectivity index (χ1n) is 7.25. The number of H-pyrrole nitrogens is 1. The Morgan fingerprint density at radius 2 is 2.38 bits per heavy atom. The summed E-state index contributed by atoms with van der Waals surface area (Å²) < 4.78 is 0. The van der Waals surface area contributed by atoms with Crippen molar-refractivity contribution in [2.45, 2.75) is 25.8 Å². The number of imidazole rings is 1. The van der Waals surface area contributed by atoms with E-state index in [1.54, 1.807) is 6.07 Å². The minimum Gasteiger partial charge on any atom is -0.353 e. The van der Waals surface area contributed by atoms with Crippen molar-refractivity contribution in [3.05, 3.63) is 28.3 Å². The molecule has 7 nitrogen and oxygen atoms in total. The average molecular weight is 289 g/mol. The zero-order valence-corrected chi connectivity index (χ0v) is 11.9. The van der Waals surface area contributed by atoms with Gasteiger partial charge in [-0.25, -0.2) is 4.98 Å². The largest absolute Gasteiger partial charge is 0.353 e. The smallest absolute Gasteiger partial charge is 0.271 e. The molecule has 7 heteroatoms. The number of rotatable bonds is 4. The monoisotopic (exact) mass is 289 g/mol. The van der Waals surface area contributed by atoms with Crippen molar-refractivity contribution < 1.29 is 4.92 Å². The fourth-order valence-corrected chi connectivity index (χ4v) is 2.82. The van der Waals surface area contributed by atoms with Gasteiger partial charge in [-0.2, -0.15) is 0 Å². The van der Waals surface area contributed by atoms with Crippen LogP contribution in [0.3, 0.4) is 0 Å². The van der Waals surface area contributed by atoms with E-state index in [2.05, 4.69) is 27.5 Å². The molecule has 0 amide bonds. The fourth-order valence-electron chi connectivity index (χ4n) is 2.82. The Balaban J connectivity index is 1.76. The molecule has 0 spiro atoms. The van der Waals surface area contributed by atoms with Crippen LogP contribution in [0.4, 0.5) is 11.6 Å². The standard InChI is InChI=1S/C14H19N5O2/c1-9(10-3-2-6-15-8-10)16-14-17-12-5-4-11(19(20)21)7-13(12)18-14/h4-5,7,9-10,15H,2-3,6,8H2,1H3,(H2,16,17,18). The molecule has 1 aliphatic heterocycles. The lowest BCUT2D eigenvalue weighted by molar-refractivity contribution is -0.384. The van der Waals surface area contributed by atoms with E-state index in [1.165, 1.54) is 25.0 Å². The maximum atomic E-state index is 10.8. The Morgan fingerprint density at radius 3 is 3.10 bits per heavy atom. The topological polar surface area (TPSA) is 95.9 Å². The summed E-state index contributed by atoms with van der Waals surface area (Å²) in [5.41, 5.74) is 1.49. The third kappa shape index (κ3) is 2.97. The molecule has 0 bridgehead atoms. The van der Waals surface area contributed by atoms with Gasteiger partial charge < -0.3 is 15.6 Å². The van der Waals surface area contributed by atoms with Gasteiger partial charge in [0, 0.05) is 18.2 Å². The molecular weight excluding hydrogens is 270 g/mol. The van der Waals surface area contributed by atoms with Crippen molar-refractivity contribution in [2.24, 2.45) is 5.92 Å². The summed E-state index contributed by atoms with van der Waals surface area (Å²) in [4.78, 5) is 17.9. The van der Waals surface area contributed by atoms with Crippen molar-refractivity contribution in [3.8, 4) is 0 Å². The van der Waals surface area contributed by atoms with Crippen LogP contribution in [-0.4, -0.2) is 34.0 Å². The lowest BCUT2D eigenvalue weighted by Gasteiger charge is -2.28. The molecule has 0 saturated carbocycles. The molecule has 0 aliphatic carbocycles. The van der Waals surface area contributed by atoms with Crippen LogP contribution in [0.2, 0.25) is 0 Å². The second-order valence-electron chi connectivity index (χ2n) is 5.58. The highest BCUT2D eigenvalue weighted by atomic mass is 16.6. The third-order valence-corrected chi connectivity index (χ3v) is 4.08. The van der Waals surface area contributed by atoms with E-state index in [4.69, 9.17) is 0 Å². The first-order valence-corrected chi connectivity index (χ1v) is 7.25. The quantitative estimate of drug-likeness (QED) is 0.592. The highest BCUT2D eigenvalue weighted by Gasteiger charge is 2.20. The molecule has 112 valence electrons. The van der Waals surface area contributed by atoms with E-state index >= 15 is 0 Å². The zero-order valence-electron chi connectivity index (χ0n) is 11.9. The first-order chi connectivity index (χ1) is 10.1. The highest BCUT2D eigenvalue weighted by molar-refractivity contribution is 5.79. The Bertz CT molecular complexity index is 648. The summed E-state index contributed by atoms with van der Waals surface area (Å²) in [6.07, 6.45) is 2.40. The van der Waals surface area contributed by atoms with Gasteiger partial charge in [0.2, 0.25) is 5.95 Å². The van der Waals surface area contributed by atoms with E-state index in [0.717, 1.165) is 18.6 Å². The predicted molar refractivity (Wildman–Crippen MR) is 81.4 cm³/mol. The Morgan fingerprint density at radius 1 is 1.52 bits per heavy atom. The van der Waals surface area contributed by atoms with Crippen LogP contribution >= 0.6 is 0 Å². The van der Waals surface area contributed by atoms with Crippen molar-refractivity contribution in [1.82, 2.24) is 15.3 Å². The van der Waals surface area contributed by atoms with Gasteiger partial charge in [-0.1, -0.05) is 0 Å². The molecule has 2 heterocycles. The van der Waals surface area contributed by atoms with Gasteiger partial charge in [0.1, 0.15) is 0 Å². The van der Waals surface area contributed by atoms with E-state index in [1.807, 2.05) is 0 Å². The van der Waals surface area contributed by atoms with Crippen LogP contribution in [0.5, 0.6) is 0 Å². The molecule has 1 aromatic heterocycles. The zero-order chi connectivity index (χ0) is 14.8. The number of aromatic amines is 1. The van der Waals surface area contributed by atoms with Crippen LogP contribution in [0.15, 0.2) is 18.2 Å². The maximum absolute atomic E-state index is 10.8. The van der Waals surface area contributed by atoms with Crippen molar-refractivity contribution in [3.63, 3.8) is 0 Å². The summed E-state index contributed by atoms with van der Waals surface area (Å²) in [5.74, 6) is 1.24. The lowest BCUT2D eigenvalue weighted by Crippen LogP contribution is -2.38. The molecule has 2 atom stereocenters. The van der Waals surface area contributed by atoms with Crippen molar-refractivity contribution in [2.75, 3.05) is 18.4 Å². The fraction of sp³-hybridized carbons (Fsp3) is 0.500. The van der Waals surface area contributed by atoms with Crippen LogP contribution in [-0.2, 0) is 0 Å². The van der Waals surface area contributed by atoms with Crippen LogP contribution < -0.4 is 10.6 Å². The average Bonchev–Trinajstić information content (AvgIpc) is 2.89. The molecule has 0 radical (unpaired) electrons.